The topological polar surface area (TPSA) is 93.1 Å². The Kier molecular flexibility index (Phi) is 6.23. The van der Waals surface area contributed by atoms with Crippen molar-refractivity contribution in [2.45, 2.75) is 13.5 Å². The number of carbonyl (C=O) groups excluding carboxylic acids is 2. The molecule has 0 aliphatic rings. The lowest BCUT2D eigenvalue weighted by molar-refractivity contribution is -0.116. The van der Waals surface area contributed by atoms with E-state index in [9.17, 15) is 14.4 Å². The number of nitrogens with one attached hydrogen (secondary N) is 2. The van der Waals surface area contributed by atoms with Crippen molar-refractivity contribution in [3.05, 3.63) is 99.8 Å². The maximum absolute atomic E-state index is 12.5. The van der Waals surface area contributed by atoms with E-state index < -0.39 is 0 Å². The zero-order valence-electron chi connectivity index (χ0n) is 17.2. The van der Waals surface area contributed by atoms with Crippen LogP contribution in [0.3, 0.4) is 0 Å². The molecule has 0 bridgehead atoms. The number of carbonyl (C=O) groups is 2. The summed E-state index contributed by atoms with van der Waals surface area (Å²) in [7, 11) is 0. The molecule has 7 nitrogen and oxygen atoms in total. The van der Waals surface area contributed by atoms with Gasteiger partial charge in [0.2, 0.25) is 5.91 Å². The van der Waals surface area contributed by atoms with Crippen LogP contribution in [0, 0.1) is 6.92 Å². The second-order valence-corrected chi connectivity index (χ2v) is 8.01. The van der Waals surface area contributed by atoms with E-state index in [4.69, 9.17) is 0 Å². The third kappa shape index (κ3) is 5.16. The fraction of sp³-hybridized carbons (Fsp3) is 0.0833. The van der Waals surface area contributed by atoms with Crippen LogP contribution in [-0.4, -0.2) is 21.4 Å². The van der Waals surface area contributed by atoms with Gasteiger partial charge >= 0.3 is 0 Å². The Balaban J connectivity index is 1.36. The molecular formula is C24H20N4O3S. The van der Waals surface area contributed by atoms with Crippen LogP contribution in [0.15, 0.2) is 83.1 Å². The van der Waals surface area contributed by atoms with Gasteiger partial charge in [0.15, 0.2) is 5.13 Å². The lowest BCUT2D eigenvalue weighted by Gasteiger charge is -2.09. The summed E-state index contributed by atoms with van der Waals surface area (Å²) in [6.45, 7) is 1.77. The monoisotopic (exact) mass is 444 g/mol. The minimum absolute atomic E-state index is 0.0868. The second-order valence-electron chi connectivity index (χ2n) is 7.16. The SMILES string of the molecule is Cc1ccc(=O)n(CC(=O)Nc2ccc(C(=O)Nc3nc(-c4ccccc4)cs3)cc2)c1. The molecule has 0 unspecified atom stereocenters. The van der Waals surface area contributed by atoms with Crippen molar-refractivity contribution in [1.82, 2.24) is 9.55 Å². The quantitative estimate of drug-likeness (QED) is 0.467. The van der Waals surface area contributed by atoms with Crippen molar-refractivity contribution in [1.29, 1.82) is 0 Å². The molecule has 4 aromatic rings. The Hall–Kier alpha value is -4.04. The van der Waals surface area contributed by atoms with Gasteiger partial charge in [-0.25, -0.2) is 4.98 Å². The number of aromatic nitrogens is 2. The molecule has 0 aliphatic heterocycles. The summed E-state index contributed by atoms with van der Waals surface area (Å²) in [4.78, 5) is 41.1. The highest BCUT2D eigenvalue weighted by atomic mass is 32.1. The summed E-state index contributed by atoms with van der Waals surface area (Å²) in [6, 6.07) is 19.4. The lowest BCUT2D eigenvalue weighted by Crippen LogP contribution is -2.26. The molecular weight excluding hydrogens is 424 g/mol. The number of aryl methyl sites for hydroxylation is 1. The molecule has 8 heteroatoms. The molecule has 0 spiro atoms. The summed E-state index contributed by atoms with van der Waals surface area (Å²) < 4.78 is 1.35. The van der Waals surface area contributed by atoms with E-state index in [-0.39, 0.29) is 23.9 Å². The fourth-order valence-corrected chi connectivity index (χ4v) is 3.79. The molecule has 0 saturated heterocycles. The minimum Gasteiger partial charge on any atom is -0.325 e. The van der Waals surface area contributed by atoms with Crippen LogP contribution in [-0.2, 0) is 11.3 Å². The van der Waals surface area contributed by atoms with E-state index in [0.29, 0.717) is 16.4 Å². The zero-order chi connectivity index (χ0) is 22.5. The van der Waals surface area contributed by atoms with Crippen molar-refractivity contribution < 1.29 is 9.59 Å². The average Bonchev–Trinajstić information content (AvgIpc) is 3.26. The third-order valence-electron chi connectivity index (χ3n) is 4.67. The molecule has 2 aromatic heterocycles. The van der Waals surface area contributed by atoms with Crippen molar-refractivity contribution in [3.63, 3.8) is 0 Å². The first-order valence-electron chi connectivity index (χ1n) is 9.87. The molecule has 160 valence electrons. The Morgan fingerprint density at radius 2 is 1.72 bits per heavy atom. The minimum atomic E-state index is -0.328. The highest BCUT2D eigenvalue weighted by molar-refractivity contribution is 7.14. The first-order valence-corrected chi connectivity index (χ1v) is 10.8. The van der Waals surface area contributed by atoms with Gasteiger partial charge in [0, 0.05) is 34.5 Å². The maximum atomic E-state index is 12.5. The van der Waals surface area contributed by atoms with Gasteiger partial charge < -0.3 is 9.88 Å². The lowest BCUT2D eigenvalue weighted by atomic mass is 10.2. The summed E-state index contributed by atoms with van der Waals surface area (Å²) >= 11 is 1.35. The molecule has 0 atom stereocenters. The number of hydrogen-bond donors (Lipinski definition) is 2. The van der Waals surface area contributed by atoms with Crippen LogP contribution in [0.2, 0.25) is 0 Å². The largest absolute Gasteiger partial charge is 0.325 e. The molecule has 2 aromatic carbocycles. The summed E-state index contributed by atoms with van der Waals surface area (Å²) in [5.41, 5.74) is 3.41. The molecule has 2 amide bonds. The Labute approximate surface area is 188 Å². The molecule has 4 rings (SSSR count). The van der Waals surface area contributed by atoms with E-state index in [1.807, 2.05) is 42.6 Å². The van der Waals surface area contributed by atoms with Crippen molar-refractivity contribution in [2.75, 3.05) is 10.6 Å². The smallest absolute Gasteiger partial charge is 0.257 e. The number of rotatable bonds is 6. The van der Waals surface area contributed by atoms with Gasteiger partial charge in [-0.3, -0.25) is 19.7 Å². The molecule has 0 radical (unpaired) electrons. The van der Waals surface area contributed by atoms with Crippen molar-refractivity contribution in [3.8, 4) is 11.3 Å². The molecule has 2 N–H and O–H groups in total. The number of nitrogens with zero attached hydrogens (tertiary/aromatic N) is 2. The van der Waals surface area contributed by atoms with E-state index in [1.165, 1.54) is 22.0 Å². The predicted molar refractivity (Wildman–Crippen MR) is 126 cm³/mol. The van der Waals surface area contributed by atoms with Gasteiger partial charge in [-0.2, -0.15) is 0 Å². The van der Waals surface area contributed by atoms with Crippen LogP contribution >= 0.6 is 11.3 Å². The summed E-state index contributed by atoms with van der Waals surface area (Å²) in [5.74, 6) is -0.616. The van der Waals surface area contributed by atoms with E-state index >= 15 is 0 Å². The Morgan fingerprint density at radius 1 is 0.969 bits per heavy atom. The number of thiazole rings is 1. The summed E-state index contributed by atoms with van der Waals surface area (Å²) in [6.07, 6.45) is 1.64. The summed E-state index contributed by atoms with van der Waals surface area (Å²) in [5, 5.41) is 7.93. The number of benzene rings is 2. The van der Waals surface area contributed by atoms with Crippen molar-refractivity contribution in [2.24, 2.45) is 0 Å². The predicted octanol–water partition coefficient (Wildman–Crippen LogP) is 4.17. The van der Waals surface area contributed by atoms with Crippen molar-refractivity contribution >= 4 is 34.0 Å². The van der Waals surface area contributed by atoms with E-state index in [0.717, 1.165) is 16.8 Å². The van der Waals surface area contributed by atoms with Crippen LogP contribution in [0.25, 0.3) is 11.3 Å². The molecule has 2 heterocycles. The highest BCUT2D eigenvalue weighted by Gasteiger charge is 2.11. The number of anilines is 2. The van der Waals surface area contributed by atoms with Gasteiger partial charge in [0.25, 0.3) is 11.5 Å². The van der Waals surface area contributed by atoms with Gasteiger partial charge in [-0.1, -0.05) is 36.4 Å². The normalized spacial score (nSPS) is 10.5. The molecule has 0 aliphatic carbocycles. The first kappa shape index (κ1) is 21.2. The fourth-order valence-electron chi connectivity index (χ4n) is 3.08. The molecule has 0 saturated carbocycles. The van der Waals surface area contributed by atoms with Gasteiger partial charge in [-0.15, -0.1) is 11.3 Å². The van der Waals surface area contributed by atoms with Crippen LogP contribution < -0.4 is 16.2 Å². The molecule has 32 heavy (non-hydrogen) atoms. The van der Waals surface area contributed by atoms with Crippen LogP contribution in [0.5, 0.6) is 0 Å². The Bertz CT molecular complexity index is 1310. The number of pyridine rings is 1. The Morgan fingerprint density at radius 3 is 2.47 bits per heavy atom. The van der Waals surface area contributed by atoms with E-state index in [1.54, 1.807) is 36.5 Å². The average molecular weight is 445 g/mol. The first-order chi connectivity index (χ1) is 15.5. The van der Waals surface area contributed by atoms with Gasteiger partial charge in [0.05, 0.1) is 5.69 Å². The zero-order valence-corrected chi connectivity index (χ0v) is 18.1. The molecule has 0 fully saturated rings. The van der Waals surface area contributed by atoms with E-state index in [2.05, 4.69) is 15.6 Å². The van der Waals surface area contributed by atoms with Gasteiger partial charge in [0.1, 0.15) is 6.54 Å². The van der Waals surface area contributed by atoms with Crippen LogP contribution in [0.4, 0.5) is 10.8 Å². The third-order valence-corrected chi connectivity index (χ3v) is 5.43. The van der Waals surface area contributed by atoms with Gasteiger partial charge in [-0.05, 0) is 36.8 Å². The highest BCUT2D eigenvalue weighted by Crippen LogP contribution is 2.25. The number of hydrogen-bond acceptors (Lipinski definition) is 5. The standard InChI is InChI=1S/C24H20N4O3S/c1-16-7-12-22(30)28(13-16)14-21(29)25-19-10-8-18(9-11-19)23(31)27-24-26-20(15-32-24)17-5-3-2-4-6-17/h2-13,15H,14H2,1H3,(H,25,29)(H,26,27,31). The number of amides is 2. The maximum Gasteiger partial charge on any atom is 0.257 e. The van der Waals surface area contributed by atoms with Crippen LogP contribution in [0.1, 0.15) is 15.9 Å². The second kappa shape index (κ2) is 9.40.